The van der Waals surface area contributed by atoms with Gasteiger partial charge in [-0.1, -0.05) is 19.1 Å². The molecule has 0 heterocycles. The lowest BCUT2D eigenvalue weighted by atomic mass is 10.1. The summed E-state index contributed by atoms with van der Waals surface area (Å²) in [5.41, 5.74) is 0.969. The molecule has 0 amide bonds. The lowest BCUT2D eigenvalue weighted by molar-refractivity contribution is -0.144. The molecule has 20 heavy (non-hydrogen) atoms. The van der Waals surface area contributed by atoms with E-state index in [1.54, 1.807) is 38.1 Å². The maximum atomic E-state index is 11.8. The third-order valence-electron chi connectivity index (χ3n) is 2.60. The average molecular weight is 279 g/mol. The van der Waals surface area contributed by atoms with Crippen molar-refractivity contribution in [3.63, 3.8) is 0 Å². The maximum Gasteiger partial charge on any atom is 0.340 e. The van der Waals surface area contributed by atoms with E-state index in [9.17, 15) is 9.59 Å². The van der Waals surface area contributed by atoms with Crippen LogP contribution in [0.25, 0.3) is 0 Å². The summed E-state index contributed by atoms with van der Waals surface area (Å²) in [6.45, 7) is 6.08. The van der Waals surface area contributed by atoms with E-state index in [4.69, 9.17) is 9.47 Å². The van der Waals surface area contributed by atoms with Gasteiger partial charge in [-0.15, -0.1) is 0 Å². The Morgan fingerprint density at radius 1 is 1.20 bits per heavy atom. The summed E-state index contributed by atoms with van der Waals surface area (Å²) >= 11 is 0. The summed E-state index contributed by atoms with van der Waals surface area (Å²) < 4.78 is 10.0. The maximum absolute atomic E-state index is 11.8. The molecule has 0 spiro atoms. The molecule has 0 saturated heterocycles. The Kier molecular flexibility index (Phi) is 6.56. The van der Waals surface area contributed by atoms with Crippen LogP contribution in [-0.4, -0.2) is 31.2 Å². The fourth-order valence-corrected chi connectivity index (χ4v) is 1.62. The summed E-state index contributed by atoms with van der Waals surface area (Å²) in [4.78, 5) is 23.5. The molecule has 0 fully saturated rings. The highest BCUT2D eigenvalue weighted by Gasteiger charge is 2.18. The SMILES string of the molecule is CCCOC(=O)[C@H](C)Nc1ccccc1C(=O)OCC. The molecule has 1 N–H and O–H groups in total. The standard InChI is InChI=1S/C15H21NO4/c1-4-10-20-14(17)11(3)16-13-9-7-6-8-12(13)15(18)19-5-2/h6-9,11,16H,4-5,10H2,1-3H3/t11-/m0/s1. The number of esters is 2. The van der Waals surface area contributed by atoms with Gasteiger partial charge in [-0.2, -0.15) is 0 Å². The minimum absolute atomic E-state index is 0.307. The molecular weight excluding hydrogens is 258 g/mol. The third-order valence-corrected chi connectivity index (χ3v) is 2.60. The van der Waals surface area contributed by atoms with Crippen LogP contribution in [0, 0.1) is 0 Å². The number of rotatable bonds is 7. The zero-order valence-electron chi connectivity index (χ0n) is 12.1. The number of nitrogens with one attached hydrogen (secondary N) is 1. The normalized spacial score (nSPS) is 11.6. The van der Waals surface area contributed by atoms with Gasteiger partial charge in [0, 0.05) is 5.69 Å². The summed E-state index contributed by atoms with van der Waals surface area (Å²) in [6.07, 6.45) is 0.776. The Hall–Kier alpha value is -2.04. The van der Waals surface area contributed by atoms with Crippen LogP contribution >= 0.6 is 0 Å². The second-order valence-electron chi connectivity index (χ2n) is 4.30. The van der Waals surface area contributed by atoms with Gasteiger partial charge in [0.05, 0.1) is 18.8 Å². The van der Waals surface area contributed by atoms with Gasteiger partial charge in [0.2, 0.25) is 0 Å². The lowest BCUT2D eigenvalue weighted by Gasteiger charge is -2.16. The van der Waals surface area contributed by atoms with Crippen LogP contribution in [0.1, 0.15) is 37.6 Å². The fourth-order valence-electron chi connectivity index (χ4n) is 1.62. The minimum atomic E-state index is -0.530. The summed E-state index contributed by atoms with van der Waals surface area (Å²) in [7, 11) is 0. The molecule has 110 valence electrons. The Morgan fingerprint density at radius 3 is 2.55 bits per heavy atom. The first-order valence-corrected chi connectivity index (χ1v) is 6.79. The van der Waals surface area contributed by atoms with E-state index in [-0.39, 0.29) is 5.97 Å². The van der Waals surface area contributed by atoms with Crippen molar-refractivity contribution in [2.75, 3.05) is 18.5 Å². The van der Waals surface area contributed by atoms with E-state index >= 15 is 0 Å². The summed E-state index contributed by atoms with van der Waals surface area (Å²) in [5.74, 6) is -0.754. The predicted molar refractivity (Wildman–Crippen MR) is 76.7 cm³/mol. The first-order valence-electron chi connectivity index (χ1n) is 6.79. The number of benzene rings is 1. The van der Waals surface area contributed by atoms with Crippen molar-refractivity contribution in [1.29, 1.82) is 0 Å². The van der Waals surface area contributed by atoms with E-state index in [1.165, 1.54) is 0 Å². The molecule has 1 aromatic rings. The zero-order valence-corrected chi connectivity index (χ0v) is 12.1. The van der Waals surface area contributed by atoms with Crippen LogP contribution in [0.4, 0.5) is 5.69 Å². The predicted octanol–water partition coefficient (Wildman–Crippen LogP) is 2.62. The van der Waals surface area contributed by atoms with Gasteiger partial charge in [-0.05, 0) is 32.4 Å². The first-order chi connectivity index (χ1) is 9.60. The average Bonchev–Trinajstić information content (AvgIpc) is 2.45. The van der Waals surface area contributed by atoms with Gasteiger partial charge >= 0.3 is 11.9 Å². The van der Waals surface area contributed by atoms with Crippen molar-refractivity contribution in [2.24, 2.45) is 0 Å². The Balaban J connectivity index is 2.76. The topological polar surface area (TPSA) is 64.6 Å². The van der Waals surface area contributed by atoms with Crippen LogP contribution in [0.3, 0.4) is 0 Å². The Morgan fingerprint density at radius 2 is 1.90 bits per heavy atom. The van der Waals surface area contributed by atoms with Gasteiger partial charge in [0.25, 0.3) is 0 Å². The number of ether oxygens (including phenoxy) is 2. The van der Waals surface area contributed by atoms with Crippen LogP contribution in [0.15, 0.2) is 24.3 Å². The highest BCUT2D eigenvalue weighted by Crippen LogP contribution is 2.17. The van der Waals surface area contributed by atoms with Crippen molar-refractivity contribution in [2.45, 2.75) is 33.2 Å². The second kappa shape index (κ2) is 8.19. The van der Waals surface area contributed by atoms with Crippen molar-refractivity contribution in [3.8, 4) is 0 Å². The molecule has 0 aliphatic carbocycles. The molecule has 0 aromatic heterocycles. The highest BCUT2D eigenvalue weighted by atomic mass is 16.5. The van der Waals surface area contributed by atoms with Crippen LogP contribution < -0.4 is 5.32 Å². The Bertz CT molecular complexity index is 459. The van der Waals surface area contributed by atoms with Gasteiger partial charge < -0.3 is 14.8 Å². The smallest absolute Gasteiger partial charge is 0.340 e. The quantitative estimate of drug-likeness (QED) is 0.777. The molecule has 0 bridgehead atoms. The molecule has 5 heteroatoms. The third kappa shape index (κ3) is 4.57. The molecule has 1 atom stereocenters. The van der Waals surface area contributed by atoms with Crippen molar-refractivity contribution >= 4 is 17.6 Å². The largest absolute Gasteiger partial charge is 0.464 e. The van der Waals surface area contributed by atoms with E-state index in [1.807, 2.05) is 6.92 Å². The molecule has 0 aliphatic rings. The number of anilines is 1. The van der Waals surface area contributed by atoms with E-state index in [0.717, 1.165) is 6.42 Å². The van der Waals surface area contributed by atoms with Crippen LogP contribution in [-0.2, 0) is 14.3 Å². The Labute approximate surface area is 119 Å². The molecule has 1 aromatic carbocycles. The monoisotopic (exact) mass is 279 g/mol. The molecule has 5 nitrogen and oxygen atoms in total. The van der Waals surface area contributed by atoms with Gasteiger partial charge in [0.15, 0.2) is 0 Å². The van der Waals surface area contributed by atoms with Gasteiger partial charge in [0.1, 0.15) is 6.04 Å². The number of hydrogen-bond acceptors (Lipinski definition) is 5. The summed E-state index contributed by atoms with van der Waals surface area (Å²) in [5, 5.41) is 2.98. The van der Waals surface area contributed by atoms with Crippen molar-refractivity contribution in [1.82, 2.24) is 0 Å². The second-order valence-corrected chi connectivity index (χ2v) is 4.30. The fraction of sp³-hybridized carbons (Fsp3) is 0.467. The van der Waals surface area contributed by atoms with E-state index in [2.05, 4.69) is 5.32 Å². The van der Waals surface area contributed by atoms with Gasteiger partial charge in [-0.25, -0.2) is 9.59 Å². The van der Waals surface area contributed by atoms with Crippen molar-refractivity contribution < 1.29 is 19.1 Å². The number of carbonyl (C=O) groups is 2. The molecule has 0 aliphatic heterocycles. The molecule has 0 radical (unpaired) electrons. The van der Waals surface area contributed by atoms with E-state index < -0.39 is 12.0 Å². The van der Waals surface area contributed by atoms with Crippen molar-refractivity contribution in [3.05, 3.63) is 29.8 Å². The minimum Gasteiger partial charge on any atom is -0.464 e. The lowest BCUT2D eigenvalue weighted by Crippen LogP contribution is -2.29. The summed E-state index contributed by atoms with van der Waals surface area (Å²) in [6, 6.07) is 6.39. The molecule has 0 unspecified atom stereocenters. The van der Waals surface area contributed by atoms with E-state index in [0.29, 0.717) is 24.5 Å². The van der Waals surface area contributed by atoms with Crippen LogP contribution in [0.5, 0.6) is 0 Å². The van der Waals surface area contributed by atoms with Gasteiger partial charge in [-0.3, -0.25) is 0 Å². The number of para-hydroxylation sites is 1. The highest BCUT2D eigenvalue weighted by molar-refractivity contribution is 5.96. The van der Waals surface area contributed by atoms with Crippen LogP contribution in [0.2, 0.25) is 0 Å². The molecule has 1 rings (SSSR count). The molecule has 0 saturated carbocycles. The first kappa shape index (κ1) is 16.0. The number of hydrogen-bond donors (Lipinski definition) is 1. The zero-order chi connectivity index (χ0) is 15.0. The molecular formula is C15H21NO4. The number of carbonyl (C=O) groups excluding carboxylic acids is 2.